The molecule has 174 valence electrons. The van der Waals surface area contributed by atoms with Crippen LogP contribution in [-0.2, 0) is 19.2 Å². The fourth-order valence-electron chi connectivity index (χ4n) is 3.07. The van der Waals surface area contributed by atoms with E-state index in [1.807, 2.05) is 0 Å². The standard InChI is InChI=1S/C22H40N2O6/c25-19(23-17-11-5-9-15-21(27)28)13-7-3-1-2-4-8-14-20(26)24-18-12-6-10-16-22(29)30/h1-18H2,(H,23,25)(H,24,26)(H,27,28)(H,29,30). The average Bonchev–Trinajstić information content (AvgIpc) is 2.68. The number of nitrogens with one attached hydrogen (secondary N) is 2. The molecule has 0 aromatic heterocycles. The molecule has 0 aliphatic heterocycles. The van der Waals surface area contributed by atoms with E-state index in [1.54, 1.807) is 0 Å². The third-order valence-corrected chi connectivity index (χ3v) is 4.84. The zero-order chi connectivity index (χ0) is 22.5. The van der Waals surface area contributed by atoms with E-state index < -0.39 is 11.9 Å². The molecule has 0 bridgehead atoms. The van der Waals surface area contributed by atoms with Gasteiger partial charge < -0.3 is 20.8 Å². The normalized spacial score (nSPS) is 10.5. The first-order chi connectivity index (χ1) is 14.4. The number of carboxylic acids is 2. The van der Waals surface area contributed by atoms with Gasteiger partial charge in [0.2, 0.25) is 11.8 Å². The lowest BCUT2D eigenvalue weighted by molar-refractivity contribution is -0.138. The Hall–Kier alpha value is -2.12. The summed E-state index contributed by atoms with van der Waals surface area (Å²) in [7, 11) is 0. The minimum absolute atomic E-state index is 0.0628. The molecule has 0 aliphatic carbocycles. The van der Waals surface area contributed by atoms with Crippen molar-refractivity contribution in [1.82, 2.24) is 10.6 Å². The molecule has 0 aromatic carbocycles. The molecule has 0 aliphatic rings. The summed E-state index contributed by atoms with van der Waals surface area (Å²) in [4.78, 5) is 44.1. The SMILES string of the molecule is O=C(O)CCCCCNC(=O)CCCCCCCCC(=O)NCCCCCC(=O)O. The number of hydrogen-bond donors (Lipinski definition) is 4. The molecule has 8 heteroatoms. The number of carbonyl (C=O) groups is 4. The number of carboxylic acid groups (broad SMARTS) is 2. The van der Waals surface area contributed by atoms with Crippen molar-refractivity contribution in [2.45, 2.75) is 103 Å². The van der Waals surface area contributed by atoms with Crippen LogP contribution in [-0.4, -0.2) is 47.1 Å². The molecule has 0 heterocycles. The van der Waals surface area contributed by atoms with Gasteiger partial charge in [0.15, 0.2) is 0 Å². The van der Waals surface area contributed by atoms with E-state index in [2.05, 4.69) is 10.6 Å². The van der Waals surface area contributed by atoms with E-state index in [-0.39, 0.29) is 24.7 Å². The molecule has 0 radical (unpaired) electrons. The molecule has 0 saturated heterocycles. The van der Waals surface area contributed by atoms with Gasteiger partial charge in [-0.2, -0.15) is 0 Å². The van der Waals surface area contributed by atoms with Crippen molar-refractivity contribution in [3.05, 3.63) is 0 Å². The van der Waals surface area contributed by atoms with Crippen molar-refractivity contribution in [2.75, 3.05) is 13.1 Å². The first-order valence-corrected chi connectivity index (χ1v) is 11.4. The van der Waals surface area contributed by atoms with Gasteiger partial charge in [-0.3, -0.25) is 19.2 Å². The Morgan fingerprint density at radius 3 is 1.10 bits per heavy atom. The predicted molar refractivity (Wildman–Crippen MR) is 115 cm³/mol. The molecule has 8 nitrogen and oxygen atoms in total. The zero-order valence-electron chi connectivity index (χ0n) is 18.3. The number of carbonyl (C=O) groups excluding carboxylic acids is 2. The summed E-state index contributed by atoms with van der Waals surface area (Å²) in [5.74, 6) is -1.42. The van der Waals surface area contributed by atoms with Crippen molar-refractivity contribution in [1.29, 1.82) is 0 Å². The third kappa shape index (κ3) is 22.2. The summed E-state index contributed by atoms with van der Waals surface area (Å²) in [6, 6.07) is 0. The van der Waals surface area contributed by atoms with Gasteiger partial charge in [0, 0.05) is 38.8 Å². The van der Waals surface area contributed by atoms with Gasteiger partial charge in [-0.1, -0.05) is 38.5 Å². The van der Waals surface area contributed by atoms with Crippen LogP contribution in [0.25, 0.3) is 0 Å². The van der Waals surface area contributed by atoms with E-state index in [4.69, 9.17) is 10.2 Å². The van der Waals surface area contributed by atoms with Crippen molar-refractivity contribution >= 4 is 23.8 Å². The maximum Gasteiger partial charge on any atom is 0.303 e. The van der Waals surface area contributed by atoms with E-state index >= 15 is 0 Å². The highest BCUT2D eigenvalue weighted by Crippen LogP contribution is 2.09. The topological polar surface area (TPSA) is 133 Å². The Kier molecular flexibility index (Phi) is 18.7. The van der Waals surface area contributed by atoms with Crippen LogP contribution in [0.15, 0.2) is 0 Å². The van der Waals surface area contributed by atoms with Crippen LogP contribution < -0.4 is 10.6 Å². The molecule has 0 spiro atoms. The van der Waals surface area contributed by atoms with Crippen molar-refractivity contribution in [3.63, 3.8) is 0 Å². The molecule has 0 unspecified atom stereocenters. The summed E-state index contributed by atoms with van der Waals surface area (Å²) in [6.07, 6.45) is 11.9. The first-order valence-electron chi connectivity index (χ1n) is 11.4. The van der Waals surface area contributed by atoms with Gasteiger partial charge in [-0.15, -0.1) is 0 Å². The second-order valence-corrected chi connectivity index (χ2v) is 7.73. The van der Waals surface area contributed by atoms with Crippen LogP contribution in [0.5, 0.6) is 0 Å². The van der Waals surface area contributed by atoms with Crippen LogP contribution in [0.3, 0.4) is 0 Å². The Balaban J connectivity index is 3.31. The van der Waals surface area contributed by atoms with Crippen molar-refractivity contribution < 1.29 is 29.4 Å². The van der Waals surface area contributed by atoms with Gasteiger partial charge >= 0.3 is 11.9 Å². The fraction of sp³-hybridized carbons (Fsp3) is 0.818. The quantitative estimate of drug-likeness (QED) is 0.206. The molecule has 0 rings (SSSR count). The lowest BCUT2D eigenvalue weighted by Crippen LogP contribution is -2.24. The van der Waals surface area contributed by atoms with Crippen LogP contribution in [0.1, 0.15) is 103 Å². The van der Waals surface area contributed by atoms with Crippen LogP contribution in [0, 0.1) is 0 Å². The van der Waals surface area contributed by atoms with Gasteiger partial charge in [0.25, 0.3) is 0 Å². The Morgan fingerprint density at radius 1 is 0.433 bits per heavy atom. The van der Waals surface area contributed by atoms with Crippen LogP contribution in [0.4, 0.5) is 0 Å². The maximum absolute atomic E-state index is 11.7. The maximum atomic E-state index is 11.7. The Bertz CT molecular complexity index is 452. The van der Waals surface area contributed by atoms with E-state index in [9.17, 15) is 19.2 Å². The van der Waals surface area contributed by atoms with Gasteiger partial charge in [0.1, 0.15) is 0 Å². The molecule has 30 heavy (non-hydrogen) atoms. The summed E-state index contributed by atoms with van der Waals surface area (Å²) in [5, 5.41) is 22.8. The number of rotatable bonds is 21. The number of unbranched alkanes of at least 4 members (excludes halogenated alkanes) is 9. The van der Waals surface area contributed by atoms with E-state index in [0.29, 0.717) is 38.8 Å². The summed E-state index contributed by atoms with van der Waals surface area (Å²) >= 11 is 0. The lowest BCUT2D eigenvalue weighted by Gasteiger charge is -2.06. The fourth-order valence-corrected chi connectivity index (χ4v) is 3.07. The predicted octanol–water partition coefficient (Wildman–Crippen LogP) is 3.63. The number of amides is 2. The molecule has 2 amide bonds. The smallest absolute Gasteiger partial charge is 0.303 e. The Labute approximate surface area is 180 Å². The molecule has 0 fully saturated rings. The number of hydrogen-bond acceptors (Lipinski definition) is 4. The number of aliphatic carboxylic acids is 2. The second kappa shape index (κ2) is 20.2. The average molecular weight is 429 g/mol. The molecule has 0 aromatic rings. The molecular formula is C22H40N2O6. The van der Waals surface area contributed by atoms with Crippen LogP contribution >= 0.6 is 0 Å². The molecule has 0 saturated carbocycles. The van der Waals surface area contributed by atoms with Crippen molar-refractivity contribution in [2.24, 2.45) is 0 Å². The second-order valence-electron chi connectivity index (χ2n) is 7.73. The minimum atomic E-state index is -0.774. The molecule has 4 N–H and O–H groups in total. The highest BCUT2D eigenvalue weighted by Gasteiger charge is 2.03. The monoisotopic (exact) mass is 428 g/mol. The molecule has 0 atom stereocenters. The molecular weight excluding hydrogens is 388 g/mol. The largest absolute Gasteiger partial charge is 0.481 e. The highest BCUT2D eigenvalue weighted by molar-refractivity contribution is 5.76. The van der Waals surface area contributed by atoms with Gasteiger partial charge in [-0.25, -0.2) is 0 Å². The highest BCUT2D eigenvalue weighted by atomic mass is 16.4. The van der Waals surface area contributed by atoms with E-state index in [1.165, 1.54) is 0 Å². The lowest BCUT2D eigenvalue weighted by atomic mass is 10.1. The Morgan fingerprint density at radius 2 is 0.733 bits per heavy atom. The van der Waals surface area contributed by atoms with Crippen LogP contribution in [0.2, 0.25) is 0 Å². The van der Waals surface area contributed by atoms with Crippen molar-refractivity contribution in [3.8, 4) is 0 Å². The summed E-state index contributed by atoms with van der Waals surface area (Å²) in [5.41, 5.74) is 0. The summed E-state index contributed by atoms with van der Waals surface area (Å²) < 4.78 is 0. The van der Waals surface area contributed by atoms with E-state index in [0.717, 1.165) is 64.2 Å². The van der Waals surface area contributed by atoms with Gasteiger partial charge in [0.05, 0.1) is 0 Å². The minimum Gasteiger partial charge on any atom is -0.481 e. The first kappa shape index (κ1) is 27.9. The summed E-state index contributed by atoms with van der Waals surface area (Å²) in [6.45, 7) is 1.23. The third-order valence-electron chi connectivity index (χ3n) is 4.84. The van der Waals surface area contributed by atoms with Gasteiger partial charge in [-0.05, 0) is 38.5 Å². The zero-order valence-corrected chi connectivity index (χ0v) is 18.3.